The maximum Gasteiger partial charge on any atom is 0.251 e. The molecular formula is C14H16N4O4. The van der Waals surface area contributed by atoms with Crippen LogP contribution >= 0.6 is 0 Å². The van der Waals surface area contributed by atoms with Crippen LogP contribution in [0.3, 0.4) is 0 Å². The predicted octanol–water partition coefficient (Wildman–Crippen LogP) is 0.0681. The second-order valence-electron chi connectivity index (χ2n) is 4.55. The molecule has 0 radical (unpaired) electrons. The van der Waals surface area contributed by atoms with Gasteiger partial charge in [-0.15, -0.1) is 0 Å². The summed E-state index contributed by atoms with van der Waals surface area (Å²) in [5, 5.41) is 16.9. The lowest BCUT2D eigenvalue weighted by atomic mass is 10.1. The van der Waals surface area contributed by atoms with Gasteiger partial charge in [0.05, 0.1) is 12.0 Å². The van der Waals surface area contributed by atoms with Crippen LogP contribution in [0, 0.1) is 5.53 Å². The number of nitrogens with one attached hydrogen (secondary N) is 2. The number of rotatable bonds is 9. The van der Waals surface area contributed by atoms with Crippen molar-refractivity contribution in [3.8, 4) is 0 Å². The fourth-order valence-electron chi connectivity index (χ4n) is 1.78. The first kappa shape index (κ1) is 17.2. The number of hydrogen-bond acceptors (Lipinski definition) is 6. The van der Waals surface area contributed by atoms with E-state index in [1.165, 1.54) is 24.3 Å². The first-order valence-corrected chi connectivity index (χ1v) is 6.68. The summed E-state index contributed by atoms with van der Waals surface area (Å²) < 4.78 is 0. The summed E-state index contributed by atoms with van der Waals surface area (Å²) in [6.45, 7) is 0.338. The van der Waals surface area contributed by atoms with Crippen LogP contribution < -0.4 is 15.3 Å². The van der Waals surface area contributed by atoms with Crippen LogP contribution in [0.15, 0.2) is 29.4 Å². The molecule has 0 aliphatic heterocycles. The van der Waals surface area contributed by atoms with Crippen LogP contribution in [-0.4, -0.2) is 30.7 Å². The van der Waals surface area contributed by atoms with Gasteiger partial charge in [-0.05, 0) is 31.4 Å². The maximum atomic E-state index is 11.9. The molecule has 0 aromatic heterocycles. The normalized spacial score (nSPS) is 11.1. The van der Waals surface area contributed by atoms with Gasteiger partial charge < -0.3 is 15.2 Å². The van der Waals surface area contributed by atoms with E-state index >= 15 is 0 Å². The summed E-state index contributed by atoms with van der Waals surface area (Å²) in [6, 6.07) is 4.73. The van der Waals surface area contributed by atoms with Crippen LogP contribution in [0.2, 0.25) is 0 Å². The van der Waals surface area contributed by atoms with Gasteiger partial charge in [0.1, 0.15) is 23.5 Å². The predicted molar refractivity (Wildman–Crippen MR) is 74.1 cm³/mol. The number of carbonyl (C=O) groups excluding carboxylic acids is 3. The molecule has 1 amide bonds. The molecule has 0 spiro atoms. The molecule has 1 aromatic rings. The highest BCUT2D eigenvalue weighted by atomic mass is 16.4. The Morgan fingerprint density at radius 3 is 2.55 bits per heavy atom. The smallest absolute Gasteiger partial charge is 0.251 e. The molecule has 8 nitrogen and oxygen atoms in total. The van der Waals surface area contributed by atoms with Crippen molar-refractivity contribution >= 4 is 18.2 Å². The lowest BCUT2D eigenvalue weighted by Gasteiger charge is -2.19. The summed E-state index contributed by atoms with van der Waals surface area (Å²) in [7, 11) is 0. The Bertz CT molecular complexity index is 579. The number of carboxylic acid groups (broad SMARTS) is 1. The Morgan fingerprint density at radius 2 is 2.00 bits per heavy atom. The van der Waals surface area contributed by atoms with Crippen molar-refractivity contribution in [3.63, 3.8) is 0 Å². The maximum absolute atomic E-state index is 11.9. The third-order valence-corrected chi connectivity index (χ3v) is 2.97. The van der Waals surface area contributed by atoms with Gasteiger partial charge in [0, 0.05) is 11.1 Å². The third-order valence-electron chi connectivity index (χ3n) is 2.97. The van der Waals surface area contributed by atoms with Crippen molar-refractivity contribution < 1.29 is 19.5 Å². The Balaban J connectivity index is 2.57. The monoisotopic (exact) mass is 304 g/mol. The number of unbranched alkanes of at least 4 members (excludes halogenated alkanes) is 1. The molecule has 1 unspecified atom stereocenters. The number of carbonyl (C=O) groups is 3. The van der Waals surface area contributed by atoms with Gasteiger partial charge in [0.25, 0.3) is 5.91 Å². The molecule has 8 heteroatoms. The zero-order valence-corrected chi connectivity index (χ0v) is 11.8. The van der Waals surface area contributed by atoms with Gasteiger partial charge in [-0.25, -0.2) is 0 Å². The molecule has 0 saturated carbocycles. The molecule has 0 fully saturated rings. The minimum atomic E-state index is -1.36. The van der Waals surface area contributed by atoms with E-state index in [-0.39, 0.29) is 12.0 Å². The Morgan fingerprint density at radius 1 is 1.32 bits per heavy atom. The highest BCUT2D eigenvalue weighted by molar-refractivity contribution is 5.96. The molecule has 22 heavy (non-hydrogen) atoms. The Labute approximate surface area is 126 Å². The van der Waals surface area contributed by atoms with E-state index < -0.39 is 17.9 Å². The fourth-order valence-corrected chi connectivity index (χ4v) is 1.78. The van der Waals surface area contributed by atoms with Crippen LogP contribution in [-0.2, 0) is 4.79 Å². The molecule has 2 N–H and O–H groups in total. The van der Waals surface area contributed by atoms with Gasteiger partial charge in [0.15, 0.2) is 0 Å². The molecule has 0 aliphatic rings. The summed E-state index contributed by atoms with van der Waals surface area (Å²) in [6.07, 6.45) is 1.92. The first-order valence-electron chi connectivity index (χ1n) is 6.68. The molecule has 1 rings (SSSR count). The quantitative estimate of drug-likeness (QED) is 0.288. The summed E-state index contributed by atoms with van der Waals surface area (Å²) in [4.78, 5) is 36.4. The summed E-state index contributed by atoms with van der Waals surface area (Å²) in [5.74, 6) is -1.91. The van der Waals surface area contributed by atoms with Gasteiger partial charge in [-0.1, -0.05) is 12.1 Å². The minimum Gasteiger partial charge on any atom is -0.548 e. The van der Waals surface area contributed by atoms with E-state index in [0.717, 1.165) is 0 Å². The highest BCUT2D eigenvalue weighted by Gasteiger charge is 2.14. The lowest BCUT2D eigenvalue weighted by Crippen LogP contribution is -2.47. The van der Waals surface area contributed by atoms with E-state index in [2.05, 4.69) is 15.3 Å². The van der Waals surface area contributed by atoms with E-state index in [4.69, 9.17) is 5.53 Å². The van der Waals surface area contributed by atoms with Crippen LogP contribution in [0.4, 0.5) is 0 Å². The number of carboxylic acids is 1. The van der Waals surface area contributed by atoms with E-state index in [0.29, 0.717) is 31.2 Å². The third kappa shape index (κ3) is 5.64. The Kier molecular flexibility index (Phi) is 7.15. The van der Waals surface area contributed by atoms with Crippen molar-refractivity contribution in [2.45, 2.75) is 25.3 Å². The van der Waals surface area contributed by atoms with Gasteiger partial charge in [0.2, 0.25) is 4.91 Å². The molecule has 1 aromatic carbocycles. The standard InChI is InChI=1S/C14H16N4O4/c15-18-16-8-2-1-3-12(14(21)22)17-13(20)11-6-4-10(9-19)5-7-11/h4-7,9,12,15H,1-3,8H2,(H-,17,20,21,22). The number of aldehydes is 1. The largest absolute Gasteiger partial charge is 0.548 e. The highest BCUT2D eigenvalue weighted by Crippen LogP contribution is 2.05. The number of nitrogens with zero attached hydrogens (tertiary/aromatic N) is 2. The fraction of sp³-hybridized carbons (Fsp3) is 0.357. The molecule has 0 aliphatic carbocycles. The minimum absolute atomic E-state index is 0.202. The lowest BCUT2D eigenvalue weighted by molar-refractivity contribution is -0.308. The SMILES string of the molecule is N=[N+]=NCCCCC(NC(=O)c1ccc(C=O)cc1)C(=O)[O-]. The molecule has 0 saturated heterocycles. The van der Waals surface area contributed by atoms with Gasteiger partial charge >= 0.3 is 0 Å². The summed E-state index contributed by atoms with van der Waals surface area (Å²) >= 11 is 0. The van der Waals surface area contributed by atoms with E-state index in [1.807, 2.05) is 0 Å². The average molecular weight is 304 g/mol. The Hall–Kier alpha value is -2.86. The van der Waals surface area contributed by atoms with Crippen molar-refractivity contribution in [1.82, 2.24) is 10.2 Å². The zero-order valence-electron chi connectivity index (χ0n) is 11.8. The number of aliphatic carboxylic acids is 1. The zero-order chi connectivity index (χ0) is 16.4. The second kappa shape index (κ2) is 9.15. The van der Waals surface area contributed by atoms with E-state index in [9.17, 15) is 19.5 Å². The first-order chi connectivity index (χ1) is 10.6. The number of amides is 1. The second-order valence-corrected chi connectivity index (χ2v) is 4.55. The van der Waals surface area contributed by atoms with Gasteiger partial charge in [-0.3, -0.25) is 9.59 Å². The van der Waals surface area contributed by atoms with E-state index in [1.54, 1.807) is 0 Å². The number of benzene rings is 1. The van der Waals surface area contributed by atoms with Crippen molar-refractivity contribution in [2.24, 2.45) is 5.11 Å². The van der Waals surface area contributed by atoms with Crippen LogP contribution in [0.1, 0.15) is 40.0 Å². The van der Waals surface area contributed by atoms with Crippen molar-refractivity contribution in [3.05, 3.63) is 35.4 Å². The van der Waals surface area contributed by atoms with Crippen molar-refractivity contribution in [1.29, 1.82) is 5.53 Å². The van der Waals surface area contributed by atoms with Gasteiger partial charge in [-0.2, -0.15) is 0 Å². The number of hydrogen-bond donors (Lipinski definition) is 2. The van der Waals surface area contributed by atoms with Crippen LogP contribution in [0.25, 0.3) is 0 Å². The topological polar surface area (TPSA) is 137 Å². The summed E-state index contributed by atoms with van der Waals surface area (Å²) in [5.41, 5.74) is 7.17. The van der Waals surface area contributed by atoms with Crippen LogP contribution in [0.5, 0.6) is 0 Å². The molecule has 1 atom stereocenters. The average Bonchev–Trinajstić information content (AvgIpc) is 2.53. The molecule has 0 bridgehead atoms. The molecule has 0 heterocycles. The molecule has 116 valence electrons. The van der Waals surface area contributed by atoms with Crippen molar-refractivity contribution in [2.75, 3.05) is 6.54 Å². The molecular weight excluding hydrogens is 288 g/mol.